The SMILES string of the molecule is Cc1nc(C(C)(C)C)nc2sc(C(=O)N3CCN(Cc4ccco4)CC3)c(C)c12. The van der Waals surface area contributed by atoms with Gasteiger partial charge in [0.2, 0.25) is 0 Å². The van der Waals surface area contributed by atoms with Crippen molar-refractivity contribution in [2.24, 2.45) is 0 Å². The number of nitrogens with zero attached hydrogens (tertiary/aromatic N) is 4. The van der Waals surface area contributed by atoms with Gasteiger partial charge in [-0.25, -0.2) is 9.97 Å². The highest BCUT2D eigenvalue weighted by Gasteiger charge is 2.28. The number of aromatic nitrogens is 2. The Morgan fingerprint density at radius 1 is 1.17 bits per heavy atom. The number of rotatable bonds is 3. The summed E-state index contributed by atoms with van der Waals surface area (Å²) in [6.07, 6.45) is 1.70. The summed E-state index contributed by atoms with van der Waals surface area (Å²) in [5, 5.41) is 1.03. The average Bonchev–Trinajstić information content (AvgIpc) is 3.29. The third-order valence-electron chi connectivity index (χ3n) is 5.46. The van der Waals surface area contributed by atoms with Crippen LogP contribution < -0.4 is 0 Å². The monoisotopic (exact) mass is 412 g/mol. The van der Waals surface area contributed by atoms with Gasteiger partial charge in [-0.05, 0) is 31.5 Å². The highest BCUT2D eigenvalue weighted by Crippen LogP contribution is 2.34. The first-order chi connectivity index (χ1) is 13.7. The molecule has 1 amide bonds. The van der Waals surface area contributed by atoms with Crippen molar-refractivity contribution in [1.29, 1.82) is 0 Å². The van der Waals surface area contributed by atoms with Crippen molar-refractivity contribution in [1.82, 2.24) is 19.8 Å². The van der Waals surface area contributed by atoms with Gasteiger partial charge in [0, 0.05) is 37.0 Å². The summed E-state index contributed by atoms with van der Waals surface area (Å²) in [4.78, 5) is 28.8. The molecule has 154 valence electrons. The van der Waals surface area contributed by atoms with E-state index in [1.165, 1.54) is 11.3 Å². The molecule has 7 heteroatoms. The summed E-state index contributed by atoms with van der Waals surface area (Å²) in [6.45, 7) is 14.3. The van der Waals surface area contributed by atoms with Crippen LogP contribution in [0.2, 0.25) is 0 Å². The number of carbonyl (C=O) groups is 1. The number of hydrogen-bond donors (Lipinski definition) is 0. The van der Waals surface area contributed by atoms with Crippen molar-refractivity contribution < 1.29 is 9.21 Å². The lowest BCUT2D eigenvalue weighted by Gasteiger charge is -2.34. The summed E-state index contributed by atoms with van der Waals surface area (Å²) >= 11 is 1.50. The quantitative estimate of drug-likeness (QED) is 0.646. The fourth-order valence-electron chi connectivity index (χ4n) is 3.75. The van der Waals surface area contributed by atoms with E-state index in [9.17, 15) is 4.79 Å². The van der Waals surface area contributed by atoms with Gasteiger partial charge in [-0.2, -0.15) is 0 Å². The third kappa shape index (κ3) is 3.94. The molecule has 0 unspecified atom stereocenters. The van der Waals surface area contributed by atoms with Crippen LogP contribution in [0.3, 0.4) is 0 Å². The van der Waals surface area contributed by atoms with Crippen molar-refractivity contribution in [2.45, 2.75) is 46.6 Å². The van der Waals surface area contributed by atoms with E-state index in [4.69, 9.17) is 14.4 Å². The molecule has 4 heterocycles. The first-order valence-corrected chi connectivity index (χ1v) is 10.9. The van der Waals surface area contributed by atoms with E-state index in [1.807, 2.05) is 30.9 Å². The van der Waals surface area contributed by atoms with Crippen LogP contribution in [-0.2, 0) is 12.0 Å². The second kappa shape index (κ2) is 7.54. The summed E-state index contributed by atoms with van der Waals surface area (Å²) in [5.74, 6) is 1.91. The average molecular weight is 413 g/mol. The highest BCUT2D eigenvalue weighted by molar-refractivity contribution is 7.20. The number of carbonyl (C=O) groups excluding carboxylic acids is 1. The van der Waals surface area contributed by atoms with E-state index in [0.29, 0.717) is 0 Å². The molecule has 4 rings (SSSR count). The molecule has 0 radical (unpaired) electrons. The first kappa shape index (κ1) is 20.0. The Hall–Kier alpha value is -2.25. The van der Waals surface area contributed by atoms with Crippen LogP contribution in [0.15, 0.2) is 22.8 Å². The Bertz CT molecular complexity index is 1030. The van der Waals surface area contributed by atoms with Gasteiger partial charge in [0.05, 0.1) is 23.4 Å². The molecule has 6 nitrogen and oxygen atoms in total. The molecular formula is C22H28N4O2S. The second-order valence-corrected chi connectivity index (χ2v) is 9.77. The molecule has 1 aliphatic rings. The van der Waals surface area contributed by atoms with Crippen LogP contribution in [0.1, 0.15) is 53.3 Å². The Morgan fingerprint density at radius 2 is 1.90 bits per heavy atom. The van der Waals surface area contributed by atoms with Gasteiger partial charge in [-0.3, -0.25) is 9.69 Å². The molecule has 1 aliphatic heterocycles. The molecule has 3 aromatic heterocycles. The predicted octanol–water partition coefficient (Wildman–Crippen LogP) is 4.16. The van der Waals surface area contributed by atoms with Gasteiger partial charge >= 0.3 is 0 Å². The molecular weight excluding hydrogens is 384 g/mol. The van der Waals surface area contributed by atoms with Crippen LogP contribution in [0.5, 0.6) is 0 Å². The standard InChI is InChI=1S/C22H28N4O2S/c1-14-17-15(2)23-21(22(3,4)5)24-19(17)29-18(14)20(27)26-10-8-25(9-11-26)13-16-7-6-12-28-16/h6-7,12H,8-11,13H2,1-5H3. The lowest BCUT2D eigenvalue weighted by molar-refractivity contribution is 0.0624. The van der Waals surface area contributed by atoms with Crippen molar-refractivity contribution in [3.63, 3.8) is 0 Å². The van der Waals surface area contributed by atoms with Crippen LogP contribution in [0.25, 0.3) is 10.2 Å². The van der Waals surface area contributed by atoms with Gasteiger partial charge < -0.3 is 9.32 Å². The minimum absolute atomic E-state index is 0.111. The zero-order chi connectivity index (χ0) is 20.8. The normalized spacial score (nSPS) is 16.0. The summed E-state index contributed by atoms with van der Waals surface area (Å²) < 4.78 is 5.44. The molecule has 1 fully saturated rings. The van der Waals surface area contributed by atoms with Crippen molar-refractivity contribution in [3.05, 3.63) is 46.1 Å². The number of aryl methyl sites for hydroxylation is 2. The molecule has 0 N–H and O–H groups in total. The molecule has 0 bridgehead atoms. The second-order valence-electron chi connectivity index (χ2n) is 8.77. The molecule has 0 atom stereocenters. The summed E-state index contributed by atoms with van der Waals surface area (Å²) in [7, 11) is 0. The fourth-order valence-corrected chi connectivity index (χ4v) is 4.95. The Labute approximate surface area is 175 Å². The molecule has 0 saturated carbocycles. The maximum atomic E-state index is 13.3. The van der Waals surface area contributed by atoms with E-state index in [-0.39, 0.29) is 11.3 Å². The molecule has 0 aromatic carbocycles. The topological polar surface area (TPSA) is 62.5 Å². The van der Waals surface area contributed by atoms with E-state index >= 15 is 0 Å². The number of amides is 1. The zero-order valence-electron chi connectivity index (χ0n) is 17.8. The number of fused-ring (bicyclic) bond motifs is 1. The van der Waals surface area contributed by atoms with E-state index in [1.54, 1.807) is 6.26 Å². The largest absolute Gasteiger partial charge is 0.468 e. The van der Waals surface area contributed by atoms with Gasteiger partial charge in [0.15, 0.2) is 0 Å². The molecule has 0 spiro atoms. The maximum absolute atomic E-state index is 13.3. The smallest absolute Gasteiger partial charge is 0.264 e. The van der Waals surface area contributed by atoms with Gasteiger partial charge in [-0.15, -0.1) is 11.3 Å². The lowest BCUT2D eigenvalue weighted by atomic mass is 9.95. The van der Waals surface area contributed by atoms with Gasteiger partial charge in [0.25, 0.3) is 5.91 Å². The minimum atomic E-state index is -0.120. The number of piperazine rings is 1. The molecule has 3 aromatic rings. The third-order valence-corrected chi connectivity index (χ3v) is 6.63. The van der Waals surface area contributed by atoms with Gasteiger partial charge in [-0.1, -0.05) is 20.8 Å². The van der Waals surface area contributed by atoms with Crippen molar-refractivity contribution >= 4 is 27.5 Å². The Balaban J connectivity index is 1.53. The Morgan fingerprint density at radius 3 is 2.52 bits per heavy atom. The van der Waals surface area contributed by atoms with Crippen LogP contribution in [-0.4, -0.2) is 51.9 Å². The van der Waals surface area contributed by atoms with Gasteiger partial charge in [0.1, 0.15) is 16.4 Å². The molecule has 1 saturated heterocycles. The van der Waals surface area contributed by atoms with Crippen LogP contribution >= 0.6 is 11.3 Å². The number of hydrogen-bond acceptors (Lipinski definition) is 6. The minimum Gasteiger partial charge on any atom is -0.468 e. The molecule has 0 aliphatic carbocycles. The maximum Gasteiger partial charge on any atom is 0.264 e. The van der Waals surface area contributed by atoms with Crippen molar-refractivity contribution in [3.8, 4) is 0 Å². The van der Waals surface area contributed by atoms with E-state index in [0.717, 1.165) is 70.7 Å². The Kier molecular flexibility index (Phi) is 5.21. The van der Waals surface area contributed by atoms with Crippen molar-refractivity contribution in [2.75, 3.05) is 26.2 Å². The highest BCUT2D eigenvalue weighted by atomic mass is 32.1. The summed E-state index contributed by atoms with van der Waals surface area (Å²) in [5.41, 5.74) is 1.84. The first-order valence-electron chi connectivity index (χ1n) is 10.1. The summed E-state index contributed by atoms with van der Waals surface area (Å²) in [6, 6.07) is 3.91. The number of thiophene rings is 1. The predicted molar refractivity (Wildman–Crippen MR) is 115 cm³/mol. The zero-order valence-corrected chi connectivity index (χ0v) is 18.6. The fraction of sp³-hybridized carbons (Fsp3) is 0.500. The lowest BCUT2D eigenvalue weighted by Crippen LogP contribution is -2.48. The van der Waals surface area contributed by atoms with Crippen LogP contribution in [0, 0.1) is 13.8 Å². The number of furan rings is 1. The van der Waals surface area contributed by atoms with E-state index < -0.39 is 0 Å². The van der Waals surface area contributed by atoms with Crippen LogP contribution in [0.4, 0.5) is 0 Å². The molecule has 29 heavy (non-hydrogen) atoms. The van der Waals surface area contributed by atoms with E-state index in [2.05, 4.69) is 25.7 Å².